The normalized spacial score (nSPS) is 16.0. The minimum Gasteiger partial charge on any atom is -0.454 e. The first-order chi connectivity index (χ1) is 12.6. The maximum atomic E-state index is 12.6. The molecule has 0 spiro atoms. The molecule has 6 nitrogen and oxygen atoms in total. The summed E-state index contributed by atoms with van der Waals surface area (Å²) in [5, 5.41) is 6.21. The monoisotopic (exact) mass is 372 g/mol. The number of benzene rings is 2. The van der Waals surface area contributed by atoms with E-state index in [-0.39, 0.29) is 25.2 Å². The lowest BCUT2D eigenvalue weighted by Crippen LogP contribution is -2.39. The van der Waals surface area contributed by atoms with Crippen molar-refractivity contribution in [3.05, 3.63) is 53.1 Å². The Kier molecular flexibility index (Phi) is 4.20. The van der Waals surface area contributed by atoms with Crippen LogP contribution < -0.4 is 20.1 Å². The number of halogens is 1. The van der Waals surface area contributed by atoms with Crippen molar-refractivity contribution in [3.8, 4) is 11.5 Å². The van der Waals surface area contributed by atoms with Crippen LogP contribution in [0.4, 0.5) is 5.69 Å². The van der Waals surface area contributed by atoms with Gasteiger partial charge in [-0.3, -0.25) is 9.59 Å². The Morgan fingerprint density at radius 1 is 1.04 bits per heavy atom. The van der Waals surface area contributed by atoms with E-state index in [1.165, 1.54) is 0 Å². The van der Waals surface area contributed by atoms with Crippen LogP contribution in [0, 0.1) is 5.41 Å². The molecule has 134 valence electrons. The Morgan fingerprint density at radius 2 is 1.81 bits per heavy atom. The minimum atomic E-state index is -1.02. The van der Waals surface area contributed by atoms with E-state index in [0.29, 0.717) is 35.1 Å². The predicted molar refractivity (Wildman–Crippen MR) is 96.2 cm³/mol. The Bertz CT molecular complexity index is 880. The third-order valence-electron chi connectivity index (χ3n) is 4.65. The van der Waals surface area contributed by atoms with Gasteiger partial charge < -0.3 is 20.1 Å². The van der Waals surface area contributed by atoms with E-state index in [9.17, 15) is 9.59 Å². The van der Waals surface area contributed by atoms with Crippen LogP contribution in [0.3, 0.4) is 0 Å². The number of hydrogen-bond donors (Lipinski definition) is 2. The molecule has 2 aromatic carbocycles. The maximum Gasteiger partial charge on any atom is 0.240 e. The van der Waals surface area contributed by atoms with Crippen LogP contribution >= 0.6 is 11.6 Å². The van der Waals surface area contributed by atoms with Gasteiger partial charge >= 0.3 is 0 Å². The second-order valence-corrected chi connectivity index (χ2v) is 6.79. The quantitative estimate of drug-likeness (QED) is 0.791. The number of amides is 2. The fourth-order valence-electron chi connectivity index (χ4n) is 2.89. The van der Waals surface area contributed by atoms with Crippen LogP contribution in [0.1, 0.15) is 18.4 Å². The van der Waals surface area contributed by atoms with Crippen molar-refractivity contribution < 1.29 is 19.1 Å². The van der Waals surface area contributed by atoms with E-state index in [0.717, 1.165) is 5.56 Å². The molecule has 0 bridgehead atoms. The Hall–Kier alpha value is -2.73. The zero-order valence-electron chi connectivity index (χ0n) is 13.9. The number of rotatable bonds is 5. The van der Waals surface area contributed by atoms with Gasteiger partial charge in [-0.15, -0.1) is 0 Å². The molecule has 1 aliphatic heterocycles. The molecule has 0 atom stereocenters. The molecule has 0 aromatic heterocycles. The fraction of sp³-hybridized carbons (Fsp3) is 0.263. The topological polar surface area (TPSA) is 76.7 Å². The van der Waals surface area contributed by atoms with Crippen LogP contribution in [0.25, 0.3) is 0 Å². The highest BCUT2D eigenvalue weighted by Gasteiger charge is 2.56. The lowest BCUT2D eigenvalue weighted by molar-refractivity contribution is -0.134. The predicted octanol–water partition coefficient (Wildman–Crippen LogP) is 3.10. The summed E-state index contributed by atoms with van der Waals surface area (Å²) in [6.07, 6.45) is 1.05. The molecule has 7 heteroatoms. The number of fused-ring (bicyclic) bond motifs is 1. The van der Waals surface area contributed by atoms with Gasteiger partial charge in [0.1, 0.15) is 5.41 Å². The van der Waals surface area contributed by atoms with Crippen LogP contribution in [0.2, 0.25) is 5.02 Å². The highest BCUT2D eigenvalue weighted by molar-refractivity contribution is 6.31. The summed E-state index contributed by atoms with van der Waals surface area (Å²) in [6.45, 7) is 0.457. The van der Waals surface area contributed by atoms with Gasteiger partial charge in [0.25, 0.3) is 0 Å². The Morgan fingerprint density at radius 3 is 2.58 bits per heavy atom. The second kappa shape index (κ2) is 6.53. The number of anilines is 1. The summed E-state index contributed by atoms with van der Waals surface area (Å²) in [5.74, 6) is 0.626. The molecule has 0 radical (unpaired) electrons. The molecule has 0 unspecified atom stereocenters. The summed E-state index contributed by atoms with van der Waals surface area (Å²) in [4.78, 5) is 25.2. The maximum absolute atomic E-state index is 12.6. The van der Waals surface area contributed by atoms with Crippen molar-refractivity contribution in [3.63, 3.8) is 0 Å². The molecular weight excluding hydrogens is 356 g/mol. The molecule has 4 rings (SSSR count). The largest absolute Gasteiger partial charge is 0.454 e. The van der Waals surface area contributed by atoms with E-state index in [4.69, 9.17) is 21.1 Å². The molecule has 1 heterocycles. The van der Waals surface area contributed by atoms with Crippen molar-refractivity contribution in [2.45, 2.75) is 19.4 Å². The van der Waals surface area contributed by atoms with Crippen LogP contribution in [-0.2, 0) is 16.1 Å². The fourth-order valence-corrected chi connectivity index (χ4v) is 3.10. The first-order valence-corrected chi connectivity index (χ1v) is 8.69. The molecule has 26 heavy (non-hydrogen) atoms. The summed E-state index contributed by atoms with van der Waals surface area (Å²) in [5.41, 5.74) is 0.372. The van der Waals surface area contributed by atoms with E-state index < -0.39 is 5.41 Å². The van der Waals surface area contributed by atoms with Gasteiger partial charge in [-0.2, -0.15) is 0 Å². The van der Waals surface area contributed by atoms with E-state index in [1.807, 2.05) is 18.2 Å². The van der Waals surface area contributed by atoms with Crippen LogP contribution in [0.15, 0.2) is 42.5 Å². The molecule has 0 saturated heterocycles. The third kappa shape index (κ3) is 3.08. The molecule has 2 aliphatic rings. The molecule has 2 amide bonds. The molecular formula is C19H17ClN2O4. The van der Waals surface area contributed by atoms with Crippen molar-refractivity contribution in [1.29, 1.82) is 0 Å². The van der Waals surface area contributed by atoms with Gasteiger partial charge in [0.05, 0.1) is 0 Å². The standard InChI is InChI=1S/C19H17ClN2O4/c20-14-4-2-1-3-12(14)10-21-17(23)19(7-8-19)18(24)22-13-5-6-15-16(9-13)26-11-25-15/h1-6,9H,7-8,10-11H2,(H,21,23)(H,22,24). The van der Waals surface area contributed by atoms with Crippen LogP contribution in [-0.4, -0.2) is 18.6 Å². The zero-order chi connectivity index (χ0) is 18.1. The van der Waals surface area contributed by atoms with Crippen LogP contribution in [0.5, 0.6) is 11.5 Å². The smallest absolute Gasteiger partial charge is 0.240 e. The zero-order valence-corrected chi connectivity index (χ0v) is 14.6. The first-order valence-electron chi connectivity index (χ1n) is 8.31. The number of nitrogens with one attached hydrogen (secondary N) is 2. The van der Waals surface area contributed by atoms with Gasteiger partial charge in [0.15, 0.2) is 11.5 Å². The lowest BCUT2D eigenvalue weighted by atomic mass is 10.0. The highest BCUT2D eigenvalue weighted by Crippen LogP contribution is 2.47. The molecule has 1 fully saturated rings. The van der Waals surface area contributed by atoms with Gasteiger partial charge in [-0.05, 0) is 36.6 Å². The Labute approximate surface area is 155 Å². The lowest BCUT2D eigenvalue weighted by Gasteiger charge is -2.16. The molecule has 2 N–H and O–H groups in total. The SMILES string of the molecule is O=C(NCc1ccccc1Cl)C1(C(=O)Nc2ccc3c(c2)OCO3)CC1. The summed E-state index contributed by atoms with van der Waals surface area (Å²) in [7, 11) is 0. The highest BCUT2D eigenvalue weighted by atomic mass is 35.5. The van der Waals surface area contributed by atoms with Crippen molar-refractivity contribution >= 4 is 29.1 Å². The van der Waals surface area contributed by atoms with Crippen molar-refractivity contribution in [1.82, 2.24) is 5.32 Å². The van der Waals surface area contributed by atoms with E-state index in [2.05, 4.69) is 10.6 Å². The van der Waals surface area contributed by atoms with Crippen molar-refractivity contribution in [2.75, 3.05) is 12.1 Å². The molecule has 1 saturated carbocycles. The van der Waals surface area contributed by atoms with Gasteiger partial charge in [0, 0.05) is 23.3 Å². The first kappa shape index (κ1) is 16.7. The summed E-state index contributed by atoms with van der Waals surface area (Å²) >= 11 is 6.10. The van der Waals surface area contributed by atoms with E-state index in [1.54, 1.807) is 24.3 Å². The van der Waals surface area contributed by atoms with E-state index >= 15 is 0 Å². The van der Waals surface area contributed by atoms with Gasteiger partial charge in [0.2, 0.25) is 18.6 Å². The van der Waals surface area contributed by atoms with Crippen molar-refractivity contribution in [2.24, 2.45) is 5.41 Å². The van der Waals surface area contributed by atoms with Gasteiger partial charge in [-0.25, -0.2) is 0 Å². The Balaban J connectivity index is 1.40. The number of ether oxygens (including phenoxy) is 2. The summed E-state index contributed by atoms with van der Waals surface area (Å²) in [6, 6.07) is 12.4. The second-order valence-electron chi connectivity index (χ2n) is 6.38. The third-order valence-corrected chi connectivity index (χ3v) is 5.02. The molecule has 2 aromatic rings. The average Bonchev–Trinajstić information content (AvgIpc) is 3.33. The average molecular weight is 373 g/mol. The minimum absolute atomic E-state index is 0.168. The summed E-state index contributed by atoms with van der Waals surface area (Å²) < 4.78 is 10.6. The number of hydrogen-bond acceptors (Lipinski definition) is 4. The van der Waals surface area contributed by atoms with Gasteiger partial charge in [-0.1, -0.05) is 29.8 Å². The number of carbonyl (C=O) groups is 2. The number of carbonyl (C=O) groups excluding carboxylic acids is 2. The molecule has 1 aliphatic carbocycles.